The zero-order valence-corrected chi connectivity index (χ0v) is 9.08. The summed E-state index contributed by atoms with van der Waals surface area (Å²) in [5, 5.41) is 9.92. The Morgan fingerprint density at radius 1 is 1.44 bits per heavy atom. The number of amides is 1. The number of carbonyl (C=O) groups is 1. The Morgan fingerprint density at radius 2 is 2.12 bits per heavy atom. The topological polar surface area (TPSA) is 66.9 Å². The molecule has 90 valence electrons. The number of aromatic nitrogens is 2. The second kappa shape index (κ2) is 5.21. The summed E-state index contributed by atoms with van der Waals surface area (Å²) in [7, 11) is 1.67. The van der Waals surface area contributed by atoms with Crippen molar-refractivity contribution in [3.63, 3.8) is 0 Å². The molecule has 1 heterocycles. The molecular formula is C7H9F3N4OS. The van der Waals surface area contributed by atoms with Gasteiger partial charge in [-0.25, -0.2) is 0 Å². The third kappa shape index (κ3) is 3.74. The molecule has 0 aliphatic heterocycles. The Bertz CT molecular complexity index is 365. The van der Waals surface area contributed by atoms with Crippen molar-refractivity contribution in [3.05, 3.63) is 5.01 Å². The number of nitrogens with zero attached hydrogens (tertiary/aromatic N) is 2. The predicted octanol–water partition coefficient (Wildman–Crippen LogP) is 1.10. The fourth-order valence-corrected chi connectivity index (χ4v) is 1.44. The maximum atomic E-state index is 12.1. The Kier molecular flexibility index (Phi) is 4.19. The molecule has 0 aromatic carbocycles. The number of nitrogens with one attached hydrogen (secondary N) is 2. The van der Waals surface area contributed by atoms with E-state index in [0.717, 1.165) is 0 Å². The molecule has 1 aromatic rings. The van der Waals surface area contributed by atoms with Crippen molar-refractivity contribution < 1.29 is 18.0 Å². The molecule has 0 spiro atoms. The Labute approximate surface area is 93.1 Å². The second-order valence-electron chi connectivity index (χ2n) is 2.81. The predicted molar refractivity (Wildman–Crippen MR) is 52.1 cm³/mol. The van der Waals surface area contributed by atoms with Gasteiger partial charge < -0.3 is 10.6 Å². The molecule has 0 aliphatic rings. The summed E-state index contributed by atoms with van der Waals surface area (Å²) in [5.41, 5.74) is 0. The number of hydrogen-bond donors (Lipinski definition) is 2. The van der Waals surface area contributed by atoms with Gasteiger partial charge in [-0.3, -0.25) is 4.79 Å². The van der Waals surface area contributed by atoms with Crippen LogP contribution in [0.2, 0.25) is 0 Å². The summed E-state index contributed by atoms with van der Waals surface area (Å²) >= 11 is 0.302. The summed E-state index contributed by atoms with van der Waals surface area (Å²) in [4.78, 5) is 11.1. The monoisotopic (exact) mass is 254 g/mol. The maximum Gasteiger partial charge on any atom is 0.445 e. The molecule has 0 saturated heterocycles. The first-order chi connectivity index (χ1) is 7.43. The van der Waals surface area contributed by atoms with Gasteiger partial charge in [-0.15, -0.1) is 10.2 Å². The van der Waals surface area contributed by atoms with Crippen LogP contribution in [0.15, 0.2) is 0 Å². The minimum atomic E-state index is -4.52. The molecular weight excluding hydrogens is 245 g/mol. The van der Waals surface area contributed by atoms with Crippen LogP contribution in [-0.2, 0) is 11.0 Å². The number of rotatable bonds is 4. The van der Waals surface area contributed by atoms with Crippen LogP contribution in [-0.4, -0.2) is 29.7 Å². The Balaban J connectivity index is 2.56. The summed E-state index contributed by atoms with van der Waals surface area (Å²) in [6.07, 6.45) is -4.36. The summed E-state index contributed by atoms with van der Waals surface area (Å²) in [5.74, 6) is -0.403. The van der Waals surface area contributed by atoms with Gasteiger partial charge in [0.2, 0.25) is 16.0 Å². The molecule has 16 heavy (non-hydrogen) atoms. The molecule has 1 aromatic heterocycles. The lowest BCUT2D eigenvalue weighted by Crippen LogP contribution is -2.18. The third-order valence-electron chi connectivity index (χ3n) is 1.52. The number of anilines is 1. The average Bonchev–Trinajstić information content (AvgIpc) is 2.62. The van der Waals surface area contributed by atoms with Gasteiger partial charge in [-0.1, -0.05) is 11.3 Å². The van der Waals surface area contributed by atoms with Crippen molar-refractivity contribution in [2.45, 2.75) is 12.6 Å². The van der Waals surface area contributed by atoms with Crippen LogP contribution in [0.3, 0.4) is 0 Å². The van der Waals surface area contributed by atoms with E-state index in [0.29, 0.717) is 17.9 Å². The van der Waals surface area contributed by atoms with E-state index in [1.165, 1.54) is 0 Å². The smallest absolute Gasteiger partial charge is 0.319 e. The lowest BCUT2D eigenvalue weighted by molar-refractivity contribution is -0.138. The van der Waals surface area contributed by atoms with Gasteiger partial charge in [0.05, 0.1) is 0 Å². The van der Waals surface area contributed by atoms with Crippen LogP contribution in [0.5, 0.6) is 0 Å². The molecule has 2 N–H and O–H groups in total. The van der Waals surface area contributed by atoms with Crippen molar-refractivity contribution in [3.8, 4) is 0 Å². The fourth-order valence-electron chi connectivity index (χ4n) is 0.809. The highest BCUT2D eigenvalue weighted by Gasteiger charge is 2.35. The number of carbonyl (C=O) groups excluding carboxylic acids is 1. The maximum absolute atomic E-state index is 12.1. The van der Waals surface area contributed by atoms with E-state index in [4.69, 9.17) is 0 Å². The third-order valence-corrected chi connectivity index (χ3v) is 2.40. The molecule has 0 atom stereocenters. The molecule has 0 fully saturated rings. The summed E-state index contributed by atoms with van der Waals surface area (Å²) < 4.78 is 36.4. The number of hydrogen-bond acceptors (Lipinski definition) is 5. The van der Waals surface area contributed by atoms with Gasteiger partial charge in [-0.2, -0.15) is 13.2 Å². The van der Waals surface area contributed by atoms with E-state index in [1.807, 2.05) is 0 Å². The van der Waals surface area contributed by atoms with Gasteiger partial charge in [0.15, 0.2) is 0 Å². The van der Waals surface area contributed by atoms with Crippen molar-refractivity contribution in [1.29, 1.82) is 0 Å². The first kappa shape index (κ1) is 12.8. The molecule has 1 rings (SSSR count). The van der Waals surface area contributed by atoms with Gasteiger partial charge in [0, 0.05) is 13.0 Å². The standard InChI is InChI=1S/C7H9F3N4OS/c1-11-3-2-4(15)12-6-14-13-5(16-6)7(8,9)10/h11H,2-3H2,1H3,(H,12,14,15). The van der Waals surface area contributed by atoms with Crippen LogP contribution in [0.1, 0.15) is 11.4 Å². The number of alkyl halides is 3. The second-order valence-corrected chi connectivity index (χ2v) is 3.79. The van der Waals surface area contributed by atoms with E-state index in [2.05, 4.69) is 20.8 Å². The number of halogens is 3. The van der Waals surface area contributed by atoms with Crippen LogP contribution >= 0.6 is 11.3 Å². The zero-order chi connectivity index (χ0) is 12.2. The van der Waals surface area contributed by atoms with Gasteiger partial charge in [0.1, 0.15) is 0 Å². The van der Waals surface area contributed by atoms with Crippen molar-refractivity contribution in [2.75, 3.05) is 18.9 Å². The molecule has 0 unspecified atom stereocenters. The summed E-state index contributed by atoms with van der Waals surface area (Å²) in [6.45, 7) is 0.441. The molecule has 0 aliphatic carbocycles. The van der Waals surface area contributed by atoms with Crippen LogP contribution in [0.25, 0.3) is 0 Å². The minimum Gasteiger partial charge on any atom is -0.319 e. The average molecular weight is 254 g/mol. The van der Waals surface area contributed by atoms with Gasteiger partial charge >= 0.3 is 6.18 Å². The largest absolute Gasteiger partial charge is 0.445 e. The highest BCUT2D eigenvalue weighted by Crippen LogP contribution is 2.32. The van der Waals surface area contributed by atoms with E-state index >= 15 is 0 Å². The molecule has 0 saturated carbocycles. The zero-order valence-electron chi connectivity index (χ0n) is 8.26. The van der Waals surface area contributed by atoms with Crippen LogP contribution in [0.4, 0.5) is 18.3 Å². The van der Waals surface area contributed by atoms with Crippen molar-refractivity contribution >= 4 is 22.4 Å². The van der Waals surface area contributed by atoms with Crippen molar-refractivity contribution in [2.24, 2.45) is 0 Å². The van der Waals surface area contributed by atoms with Crippen molar-refractivity contribution in [1.82, 2.24) is 15.5 Å². The van der Waals surface area contributed by atoms with E-state index in [-0.39, 0.29) is 11.6 Å². The minimum absolute atomic E-state index is 0.145. The van der Waals surface area contributed by atoms with Crippen LogP contribution < -0.4 is 10.6 Å². The highest BCUT2D eigenvalue weighted by atomic mass is 32.1. The van der Waals surface area contributed by atoms with E-state index in [9.17, 15) is 18.0 Å². The molecule has 9 heteroatoms. The lowest BCUT2D eigenvalue weighted by atomic mass is 10.4. The molecule has 0 bridgehead atoms. The van der Waals surface area contributed by atoms with E-state index < -0.39 is 17.1 Å². The Morgan fingerprint density at radius 3 is 2.62 bits per heavy atom. The van der Waals surface area contributed by atoms with Crippen LogP contribution in [0, 0.1) is 0 Å². The van der Waals surface area contributed by atoms with Gasteiger partial charge in [-0.05, 0) is 7.05 Å². The Hall–Kier alpha value is -1.22. The fraction of sp³-hybridized carbons (Fsp3) is 0.571. The SMILES string of the molecule is CNCCC(=O)Nc1nnc(C(F)(F)F)s1. The highest BCUT2D eigenvalue weighted by molar-refractivity contribution is 7.15. The summed E-state index contributed by atoms with van der Waals surface area (Å²) in [6, 6.07) is 0. The lowest BCUT2D eigenvalue weighted by Gasteiger charge is -2.00. The molecule has 5 nitrogen and oxygen atoms in total. The quantitative estimate of drug-likeness (QED) is 0.844. The first-order valence-corrected chi connectivity index (χ1v) is 5.10. The molecule has 1 amide bonds. The molecule has 0 radical (unpaired) electrons. The normalized spacial score (nSPS) is 11.5. The first-order valence-electron chi connectivity index (χ1n) is 4.28. The van der Waals surface area contributed by atoms with E-state index in [1.54, 1.807) is 7.05 Å². The van der Waals surface area contributed by atoms with Gasteiger partial charge in [0.25, 0.3) is 0 Å².